The number of aryl methyl sites for hydroxylation is 1. The van der Waals surface area contributed by atoms with E-state index in [0.29, 0.717) is 30.4 Å². The first kappa shape index (κ1) is 18.3. The van der Waals surface area contributed by atoms with Crippen LogP contribution in [-0.2, 0) is 4.74 Å². The number of aromatic nitrogens is 2. The van der Waals surface area contributed by atoms with Gasteiger partial charge in [-0.1, -0.05) is 23.8 Å². The first-order valence-electron chi connectivity index (χ1n) is 9.12. The molecule has 1 aromatic heterocycles. The number of nitrogens with zero attached hydrogens (tertiary/aromatic N) is 2. The van der Waals surface area contributed by atoms with Gasteiger partial charge in [0, 0.05) is 40.0 Å². The maximum absolute atomic E-state index is 12.6. The summed E-state index contributed by atoms with van der Waals surface area (Å²) in [6, 6.07) is 8.02. The molecule has 1 aromatic carbocycles. The molecule has 0 bridgehead atoms. The van der Waals surface area contributed by atoms with Gasteiger partial charge in [-0.25, -0.2) is 9.97 Å². The Hall–Kier alpha value is -2.47. The molecule has 1 aliphatic carbocycles. The molecule has 0 radical (unpaired) electrons. The highest BCUT2D eigenvalue weighted by molar-refractivity contribution is 5.99. The number of methoxy groups -OCH3 is 1. The van der Waals surface area contributed by atoms with Crippen molar-refractivity contribution < 1.29 is 11.0 Å². The zero-order valence-electron chi connectivity index (χ0n) is 15.4. The van der Waals surface area contributed by atoms with Gasteiger partial charge in [-0.05, 0) is 38.2 Å². The quantitative estimate of drug-likeness (QED) is 0.674. The van der Waals surface area contributed by atoms with E-state index in [1.807, 2.05) is 31.2 Å². The molecule has 0 saturated heterocycles. The molecule has 1 fully saturated rings. The molecule has 1 saturated carbocycles. The zero-order valence-corrected chi connectivity index (χ0v) is 15.4. The number of ether oxygens (including phenoxy) is 1. The van der Waals surface area contributed by atoms with Crippen molar-refractivity contribution in [1.82, 2.24) is 15.3 Å². The average Bonchev–Trinajstić information content (AvgIpc) is 3.48. The number of benzene rings is 1. The summed E-state index contributed by atoms with van der Waals surface area (Å²) in [7, 11) is 1.65. The van der Waals surface area contributed by atoms with Crippen molar-refractivity contribution in [2.75, 3.05) is 32.1 Å². The van der Waals surface area contributed by atoms with Crippen LogP contribution in [0, 0.1) is 12.8 Å². The maximum Gasteiger partial charge on any atom is 0.255 e. The summed E-state index contributed by atoms with van der Waals surface area (Å²) in [5.74, 6) is 1.14. The van der Waals surface area contributed by atoms with Crippen LogP contribution in [0.2, 0.25) is 0 Å². The molecule has 2 aromatic rings. The standard InChI is InChI=1S/C20H26N4O2.H2/c1-14-5-3-6-16(11-14)18-17(19(25)21-9-4-10-26-2)13-23-20(24-18)22-12-15-7-8-15;/h3,5-6,11,13,15H,4,7-10,12H2,1-2H3,(H,21,25)(H,22,23,24);1H. The van der Waals surface area contributed by atoms with E-state index < -0.39 is 0 Å². The molecule has 0 atom stereocenters. The highest BCUT2D eigenvalue weighted by Gasteiger charge is 2.22. The summed E-state index contributed by atoms with van der Waals surface area (Å²) in [6.45, 7) is 4.09. The number of carbonyl (C=O) groups is 1. The van der Waals surface area contributed by atoms with Gasteiger partial charge in [0.05, 0.1) is 11.3 Å². The zero-order chi connectivity index (χ0) is 18.4. The minimum Gasteiger partial charge on any atom is -0.385 e. The monoisotopic (exact) mass is 356 g/mol. The number of rotatable bonds is 9. The number of anilines is 1. The van der Waals surface area contributed by atoms with Gasteiger partial charge in [0.2, 0.25) is 5.95 Å². The van der Waals surface area contributed by atoms with E-state index >= 15 is 0 Å². The fourth-order valence-electron chi connectivity index (χ4n) is 2.72. The number of amides is 1. The van der Waals surface area contributed by atoms with Gasteiger partial charge in [0.15, 0.2) is 0 Å². The normalized spacial score (nSPS) is 13.5. The van der Waals surface area contributed by atoms with Crippen LogP contribution in [0.15, 0.2) is 30.5 Å². The highest BCUT2D eigenvalue weighted by atomic mass is 16.5. The van der Waals surface area contributed by atoms with Gasteiger partial charge in [-0.2, -0.15) is 0 Å². The van der Waals surface area contributed by atoms with Crippen LogP contribution in [0.3, 0.4) is 0 Å². The maximum atomic E-state index is 12.6. The van der Waals surface area contributed by atoms with Gasteiger partial charge >= 0.3 is 0 Å². The molecular formula is C20H28N4O2. The second-order valence-corrected chi connectivity index (χ2v) is 6.75. The minimum atomic E-state index is -0.161. The lowest BCUT2D eigenvalue weighted by atomic mass is 10.0. The molecule has 0 aliphatic heterocycles. The molecule has 0 spiro atoms. The molecule has 1 heterocycles. The average molecular weight is 356 g/mol. The Morgan fingerprint density at radius 2 is 2.23 bits per heavy atom. The number of hydrogen-bond acceptors (Lipinski definition) is 5. The Labute approximate surface area is 155 Å². The number of hydrogen-bond donors (Lipinski definition) is 2. The van der Waals surface area contributed by atoms with E-state index in [0.717, 1.165) is 30.0 Å². The summed E-state index contributed by atoms with van der Waals surface area (Å²) >= 11 is 0. The Morgan fingerprint density at radius 1 is 1.38 bits per heavy atom. The van der Waals surface area contributed by atoms with Crippen LogP contribution in [0.1, 0.15) is 36.6 Å². The third-order valence-electron chi connectivity index (χ3n) is 4.38. The van der Waals surface area contributed by atoms with E-state index in [1.165, 1.54) is 12.8 Å². The predicted molar refractivity (Wildman–Crippen MR) is 104 cm³/mol. The second-order valence-electron chi connectivity index (χ2n) is 6.75. The third-order valence-corrected chi connectivity index (χ3v) is 4.38. The van der Waals surface area contributed by atoms with E-state index in [2.05, 4.69) is 20.6 Å². The lowest BCUT2D eigenvalue weighted by molar-refractivity contribution is 0.0948. The SMILES string of the molecule is COCCCNC(=O)c1cnc(NCC2CC2)nc1-c1cccc(C)c1.[HH]. The first-order chi connectivity index (χ1) is 12.7. The fraction of sp³-hybridized carbons (Fsp3) is 0.450. The summed E-state index contributed by atoms with van der Waals surface area (Å²) in [6.07, 6.45) is 4.91. The predicted octanol–water partition coefficient (Wildman–Crippen LogP) is 3.29. The second kappa shape index (κ2) is 8.76. The number of nitrogens with one attached hydrogen (secondary N) is 2. The molecule has 6 heteroatoms. The first-order valence-corrected chi connectivity index (χ1v) is 9.12. The van der Waals surface area contributed by atoms with E-state index in [9.17, 15) is 4.79 Å². The minimum absolute atomic E-state index is 0. The van der Waals surface area contributed by atoms with Crippen LogP contribution >= 0.6 is 0 Å². The lowest BCUT2D eigenvalue weighted by Crippen LogP contribution is -2.26. The summed E-state index contributed by atoms with van der Waals surface area (Å²) in [5, 5.41) is 6.21. The van der Waals surface area contributed by atoms with Gasteiger partial charge in [0.1, 0.15) is 0 Å². The smallest absolute Gasteiger partial charge is 0.255 e. The lowest BCUT2D eigenvalue weighted by Gasteiger charge is -2.12. The Balaban J connectivity index is 0.00000261. The Morgan fingerprint density at radius 3 is 2.96 bits per heavy atom. The van der Waals surface area contributed by atoms with Crippen LogP contribution in [-0.4, -0.2) is 42.7 Å². The molecular weight excluding hydrogens is 328 g/mol. The van der Waals surface area contributed by atoms with Gasteiger partial charge < -0.3 is 15.4 Å². The van der Waals surface area contributed by atoms with Gasteiger partial charge in [-0.15, -0.1) is 0 Å². The van der Waals surface area contributed by atoms with E-state index in [4.69, 9.17) is 4.74 Å². The molecule has 1 amide bonds. The largest absolute Gasteiger partial charge is 0.385 e. The Bertz CT molecular complexity index is 765. The van der Waals surface area contributed by atoms with E-state index in [1.54, 1.807) is 13.3 Å². The molecule has 6 nitrogen and oxygen atoms in total. The van der Waals surface area contributed by atoms with Crippen molar-refractivity contribution in [1.29, 1.82) is 0 Å². The molecule has 2 N–H and O–H groups in total. The number of carbonyl (C=O) groups excluding carboxylic acids is 1. The topological polar surface area (TPSA) is 76.1 Å². The Kier molecular flexibility index (Phi) is 6.17. The summed E-state index contributed by atoms with van der Waals surface area (Å²) in [5.41, 5.74) is 3.19. The van der Waals surface area contributed by atoms with Crippen LogP contribution < -0.4 is 10.6 Å². The van der Waals surface area contributed by atoms with Crippen LogP contribution in [0.4, 0.5) is 5.95 Å². The van der Waals surface area contributed by atoms with Crippen molar-refractivity contribution in [3.8, 4) is 11.3 Å². The van der Waals surface area contributed by atoms with Crippen LogP contribution in [0.25, 0.3) is 11.3 Å². The summed E-state index contributed by atoms with van der Waals surface area (Å²) in [4.78, 5) is 21.6. The van der Waals surface area contributed by atoms with Crippen molar-refractivity contribution in [2.45, 2.75) is 26.2 Å². The molecule has 1 aliphatic rings. The summed E-state index contributed by atoms with van der Waals surface area (Å²) < 4.78 is 5.02. The van der Waals surface area contributed by atoms with Crippen molar-refractivity contribution in [2.24, 2.45) is 5.92 Å². The fourth-order valence-corrected chi connectivity index (χ4v) is 2.72. The molecule has 0 unspecified atom stereocenters. The molecule has 140 valence electrons. The molecule has 3 rings (SSSR count). The van der Waals surface area contributed by atoms with Crippen molar-refractivity contribution in [3.05, 3.63) is 41.6 Å². The molecule has 26 heavy (non-hydrogen) atoms. The van der Waals surface area contributed by atoms with Gasteiger partial charge in [-0.3, -0.25) is 4.79 Å². The highest BCUT2D eigenvalue weighted by Crippen LogP contribution is 2.29. The third kappa shape index (κ3) is 5.02. The van der Waals surface area contributed by atoms with E-state index in [-0.39, 0.29) is 7.33 Å². The van der Waals surface area contributed by atoms with Crippen molar-refractivity contribution >= 4 is 11.9 Å². The van der Waals surface area contributed by atoms with Crippen molar-refractivity contribution in [3.63, 3.8) is 0 Å². The van der Waals surface area contributed by atoms with Crippen LogP contribution in [0.5, 0.6) is 0 Å². The van der Waals surface area contributed by atoms with Gasteiger partial charge in [0.25, 0.3) is 5.91 Å².